The minimum Gasteiger partial charge on any atom is -0.480 e. The van der Waals surface area contributed by atoms with E-state index >= 15 is 0 Å². The molecule has 1 fully saturated rings. The summed E-state index contributed by atoms with van der Waals surface area (Å²) in [5.41, 5.74) is 5.36. The highest BCUT2D eigenvalue weighted by atomic mass is 16.4. The van der Waals surface area contributed by atoms with Gasteiger partial charge in [0.2, 0.25) is 0 Å². The highest BCUT2D eigenvalue weighted by molar-refractivity contribution is 5.88. The maximum atomic E-state index is 11.2. The molecule has 4 nitrogen and oxygen atoms in total. The molecule has 1 unspecified atom stereocenters. The van der Waals surface area contributed by atoms with Crippen molar-refractivity contribution in [3.63, 3.8) is 0 Å². The van der Waals surface area contributed by atoms with Crippen molar-refractivity contribution in [3.05, 3.63) is 0 Å². The Balaban J connectivity index is 2.59. The van der Waals surface area contributed by atoms with Crippen LogP contribution in [0.25, 0.3) is 0 Å². The van der Waals surface area contributed by atoms with E-state index < -0.39 is 17.9 Å². The fourth-order valence-corrected chi connectivity index (χ4v) is 1.56. The van der Waals surface area contributed by atoms with Crippen LogP contribution in [-0.2, 0) is 9.59 Å². The molecule has 0 amide bonds. The van der Waals surface area contributed by atoms with Gasteiger partial charge in [0.25, 0.3) is 0 Å². The minimum atomic E-state index is -1.07. The van der Waals surface area contributed by atoms with Gasteiger partial charge in [-0.05, 0) is 12.8 Å². The van der Waals surface area contributed by atoms with E-state index in [1.54, 1.807) is 0 Å². The number of carboxylic acids is 1. The molecule has 12 heavy (non-hydrogen) atoms. The van der Waals surface area contributed by atoms with Crippen molar-refractivity contribution in [1.29, 1.82) is 0 Å². The molecule has 2 atom stereocenters. The number of rotatable bonds is 2. The first kappa shape index (κ1) is 9.19. The summed E-state index contributed by atoms with van der Waals surface area (Å²) in [7, 11) is 0. The topological polar surface area (TPSA) is 80.4 Å². The van der Waals surface area contributed by atoms with E-state index in [9.17, 15) is 9.59 Å². The van der Waals surface area contributed by atoms with Crippen molar-refractivity contribution >= 4 is 11.8 Å². The fraction of sp³-hybridized carbons (Fsp3) is 0.750. The van der Waals surface area contributed by atoms with Gasteiger partial charge in [0.05, 0.1) is 0 Å². The molecule has 0 aromatic carbocycles. The number of nitrogens with two attached hydrogens (primary N) is 1. The van der Waals surface area contributed by atoms with Crippen LogP contribution in [0.1, 0.15) is 25.7 Å². The van der Waals surface area contributed by atoms with Gasteiger partial charge < -0.3 is 10.8 Å². The molecule has 0 radical (unpaired) electrons. The summed E-state index contributed by atoms with van der Waals surface area (Å²) in [6, 6.07) is -1.00. The SMILES string of the molecule is N[C@H](C(=O)O)C1CCCCC1=O. The number of hydrogen-bond donors (Lipinski definition) is 2. The van der Waals surface area contributed by atoms with Gasteiger partial charge in [-0.2, -0.15) is 0 Å². The number of hydrogen-bond acceptors (Lipinski definition) is 3. The van der Waals surface area contributed by atoms with Gasteiger partial charge in [-0.15, -0.1) is 0 Å². The van der Waals surface area contributed by atoms with E-state index in [2.05, 4.69) is 0 Å². The van der Waals surface area contributed by atoms with Gasteiger partial charge in [-0.3, -0.25) is 9.59 Å². The Kier molecular flexibility index (Phi) is 2.81. The van der Waals surface area contributed by atoms with E-state index in [0.717, 1.165) is 12.8 Å². The zero-order valence-corrected chi connectivity index (χ0v) is 6.82. The fourth-order valence-electron chi connectivity index (χ4n) is 1.56. The van der Waals surface area contributed by atoms with Crippen LogP contribution in [0.4, 0.5) is 0 Å². The van der Waals surface area contributed by atoms with Gasteiger partial charge in [-0.1, -0.05) is 6.42 Å². The summed E-state index contributed by atoms with van der Waals surface area (Å²) in [5.74, 6) is -1.51. The predicted octanol–water partition coefficient (Wildman–Crippen LogP) is 0.158. The average Bonchev–Trinajstić information content (AvgIpc) is 2.04. The highest BCUT2D eigenvalue weighted by Gasteiger charge is 2.31. The van der Waals surface area contributed by atoms with E-state index in [0.29, 0.717) is 12.8 Å². The maximum absolute atomic E-state index is 11.2. The molecule has 4 heteroatoms. The Labute approximate surface area is 70.7 Å². The standard InChI is InChI=1S/C8H13NO3/c9-7(8(11)12)5-3-1-2-4-6(5)10/h5,7H,1-4,9H2,(H,11,12)/t5?,7-/m0/s1. The van der Waals surface area contributed by atoms with E-state index in [-0.39, 0.29) is 5.78 Å². The lowest BCUT2D eigenvalue weighted by atomic mass is 9.83. The molecular formula is C8H13NO3. The van der Waals surface area contributed by atoms with Gasteiger partial charge in [0, 0.05) is 12.3 Å². The van der Waals surface area contributed by atoms with Gasteiger partial charge in [-0.25, -0.2) is 0 Å². The zero-order valence-electron chi connectivity index (χ0n) is 6.82. The third-order valence-corrected chi connectivity index (χ3v) is 2.32. The van der Waals surface area contributed by atoms with Crippen molar-refractivity contribution in [2.75, 3.05) is 0 Å². The van der Waals surface area contributed by atoms with Crippen LogP contribution in [0.15, 0.2) is 0 Å². The second-order valence-corrected chi connectivity index (χ2v) is 3.18. The molecule has 1 aliphatic carbocycles. The van der Waals surface area contributed by atoms with Gasteiger partial charge in [0.1, 0.15) is 11.8 Å². The van der Waals surface area contributed by atoms with Crippen molar-refractivity contribution in [1.82, 2.24) is 0 Å². The van der Waals surface area contributed by atoms with Crippen LogP contribution in [0.3, 0.4) is 0 Å². The molecule has 0 aromatic heterocycles. The summed E-state index contributed by atoms with van der Waals surface area (Å²) in [6.45, 7) is 0. The Morgan fingerprint density at radius 1 is 1.58 bits per heavy atom. The van der Waals surface area contributed by atoms with Crippen molar-refractivity contribution in [3.8, 4) is 0 Å². The minimum absolute atomic E-state index is 0.0103. The lowest BCUT2D eigenvalue weighted by Gasteiger charge is -2.23. The summed E-state index contributed by atoms with van der Waals surface area (Å²) in [4.78, 5) is 21.7. The zero-order chi connectivity index (χ0) is 9.14. The van der Waals surface area contributed by atoms with Gasteiger partial charge >= 0.3 is 5.97 Å². The second-order valence-electron chi connectivity index (χ2n) is 3.18. The highest BCUT2D eigenvalue weighted by Crippen LogP contribution is 2.22. The summed E-state index contributed by atoms with van der Waals surface area (Å²) in [6.07, 6.45) is 2.91. The average molecular weight is 171 g/mol. The molecular weight excluding hydrogens is 158 g/mol. The van der Waals surface area contributed by atoms with Crippen LogP contribution < -0.4 is 5.73 Å². The van der Waals surface area contributed by atoms with Crippen LogP contribution in [0.5, 0.6) is 0 Å². The van der Waals surface area contributed by atoms with Crippen LogP contribution in [0, 0.1) is 5.92 Å². The Hall–Kier alpha value is -0.900. The van der Waals surface area contributed by atoms with Crippen molar-refractivity contribution in [2.45, 2.75) is 31.7 Å². The van der Waals surface area contributed by atoms with Crippen molar-refractivity contribution in [2.24, 2.45) is 11.7 Å². The lowest BCUT2D eigenvalue weighted by Crippen LogP contribution is -2.43. The number of carbonyl (C=O) groups is 2. The lowest BCUT2D eigenvalue weighted by molar-refractivity contribution is -0.143. The summed E-state index contributed by atoms with van der Waals surface area (Å²) in [5, 5.41) is 8.57. The van der Waals surface area contributed by atoms with E-state index in [4.69, 9.17) is 10.8 Å². The van der Waals surface area contributed by atoms with Crippen LogP contribution in [-0.4, -0.2) is 22.9 Å². The first-order valence-corrected chi connectivity index (χ1v) is 4.14. The number of carbonyl (C=O) groups excluding carboxylic acids is 1. The molecule has 1 rings (SSSR count). The molecule has 0 heterocycles. The molecule has 0 aliphatic heterocycles. The third kappa shape index (κ3) is 1.82. The molecule has 0 spiro atoms. The number of ketones is 1. The Bertz CT molecular complexity index is 202. The maximum Gasteiger partial charge on any atom is 0.321 e. The first-order chi connectivity index (χ1) is 5.63. The first-order valence-electron chi connectivity index (χ1n) is 4.14. The normalized spacial score (nSPS) is 26.8. The van der Waals surface area contributed by atoms with E-state index in [1.807, 2.05) is 0 Å². The molecule has 3 N–H and O–H groups in total. The smallest absolute Gasteiger partial charge is 0.321 e. The monoisotopic (exact) mass is 171 g/mol. The predicted molar refractivity (Wildman–Crippen MR) is 42.6 cm³/mol. The molecule has 0 aromatic rings. The quantitative estimate of drug-likeness (QED) is 0.620. The second kappa shape index (κ2) is 3.67. The molecule has 68 valence electrons. The van der Waals surface area contributed by atoms with E-state index in [1.165, 1.54) is 0 Å². The molecule has 1 saturated carbocycles. The van der Waals surface area contributed by atoms with Crippen molar-refractivity contribution < 1.29 is 14.7 Å². The van der Waals surface area contributed by atoms with Gasteiger partial charge in [0.15, 0.2) is 0 Å². The van der Waals surface area contributed by atoms with Crippen LogP contribution >= 0.6 is 0 Å². The van der Waals surface area contributed by atoms with Crippen LogP contribution in [0.2, 0.25) is 0 Å². The summed E-state index contributed by atoms with van der Waals surface area (Å²) < 4.78 is 0. The molecule has 1 aliphatic rings. The largest absolute Gasteiger partial charge is 0.480 e. The Morgan fingerprint density at radius 2 is 2.25 bits per heavy atom. The molecule has 0 bridgehead atoms. The Morgan fingerprint density at radius 3 is 2.75 bits per heavy atom. The molecule has 0 saturated heterocycles. The number of aliphatic carboxylic acids is 1. The third-order valence-electron chi connectivity index (χ3n) is 2.32. The number of carboxylic acid groups (broad SMARTS) is 1. The summed E-state index contributed by atoms with van der Waals surface area (Å²) >= 11 is 0. The number of Topliss-reactive ketones (excluding diaryl/α,β-unsaturated/α-hetero) is 1.